The van der Waals surface area contributed by atoms with Gasteiger partial charge in [0.1, 0.15) is 5.82 Å². The number of imidazole rings is 1. The molecule has 0 fully saturated rings. The van der Waals surface area contributed by atoms with Gasteiger partial charge in [-0.05, 0) is 25.3 Å². The third kappa shape index (κ3) is 2.95. The van der Waals surface area contributed by atoms with Crippen molar-refractivity contribution in [2.75, 3.05) is 13.6 Å². The Hall–Kier alpha value is -2.37. The van der Waals surface area contributed by atoms with Gasteiger partial charge in [0.05, 0.1) is 0 Å². The van der Waals surface area contributed by atoms with Crippen LogP contribution in [0.4, 0.5) is 0 Å². The van der Waals surface area contributed by atoms with Crippen LogP contribution < -0.4 is 5.56 Å². The number of fused-ring (bicyclic) bond motifs is 1. The lowest BCUT2D eigenvalue weighted by Gasteiger charge is -2.27. The van der Waals surface area contributed by atoms with E-state index >= 15 is 0 Å². The van der Waals surface area contributed by atoms with Crippen molar-refractivity contribution in [1.29, 1.82) is 0 Å². The quantitative estimate of drug-likeness (QED) is 0.926. The van der Waals surface area contributed by atoms with Crippen molar-refractivity contribution >= 4 is 5.91 Å². The molecule has 1 atom stereocenters. The molecule has 3 rings (SSSR count). The molecule has 2 aromatic rings. The lowest BCUT2D eigenvalue weighted by Crippen LogP contribution is -2.35. The number of aromatic nitrogens is 3. The standard InChI is InChI=1S/C16H20N4O2/c1-11-7-13(9-15(21)18-11)16(22)19(2)10-12-3-5-20-6-4-17-14(20)8-12/h4,6-7,9,12H,3,5,8,10H2,1-2H3,(H,18,21)/t12-/m0/s1. The van der Waals surface area contributed by atoms with E-state index < -0.39 is 0 Å². The minimum absolute atomic E-state index is 0.108. The van der Waals surface area contributed by atoms with E-state index in [0.29, 0.717) is 23.7 Å². The van der Waals surface area contributed by atoms with Crippen LogP contribution in [-0.2, 0) is 13.0 Å². The molecule has 0 aliphatic carbocycles. The highest BCUT2D eigenvalue weighted by molar-refractivity contribution is 5.94. The van der Waals surface area contributed by atoms with Crippen molar-refractivity contribution in [3.05, 3.63) is 52.0 Å². The van der Waals surface area contributed by atoms with Gasteiger partial charge in [-0.3, -0.25) is 9.59 Å². The van der Waals surface area contributed by atoms with E-state index in [0.717, 1.165) is 25.2 Å². The van der Waals surface area contributed by atoms with Crippen molar-refractivity contribution in [2.45, 2.75) is 26.3 Å². The van der Waals surface area contributed by atoms with Crippen LogP contribution in [0, 0.1) is 12.8 Å². The molecule has 2 aromatic heterocycles. The van der Waals surface area contributed by atoms with Crippen molar-refractivity contribution in [3.8, 4) is 0 Å². The lowest BCUT2D eigenvalue weighted by atomic mass is 9.97. The molecule has 116 valence electrons. The summed E-state index contributed by atoms with van der Waals surface area (Å²) in [6, 6.07) is 3.08. The molecule has 6 heteroatoms. The molecule has 1 aliphatic rings. The van der Waals surface area contributed by atoms with Crippen LogP contribution >= 0.6 is 0 Å². The molecule has 22 heavy (non-hydrogen) atoms. The average molecular weight is 300 g/mol. The van der Waals surface area contributed by atoms with Gasteiger partial charge in [0.25, 0.3) is 5.91 Å². The minimum Gasteiger partial charge on any atom is -0.341 e. The number of aryl methyl sites for hydroxylation is 2. The molecule has 6 nitrogen and oxygen atoms in total. The molecule has 3 heterocycles. The topological polar surface area (TPSA) is 71.0 Å². The SMILES string of the molecule is Cc1cc(C(=O)N(C)C[C@H]2CCn3ccnc3C2)cc(=O)[nH]1. The first kappa shape index (κ1) is 14.6. The zero-order chi connectivity index (χ0) is 15.7. The second-order valence-corrected chi connectivity index (χ2v) is 6.00. The number of nitrogens with zero attached hydrogens (tertiary/aromatic N) is 3. The predicted octanol–water partition coefficient (Wildman–Crippen LogP) is 1.21. The fourth-order valence-corrected chi connectivity index (χ4v) is 3.07. The second-order valence-electron chi connectivity index (χ2n) is 6.00. The highest BCUT2D eigenvalue weighted by Crippen LogP contribution is 2.20. The van der Waals surface area contributed by atoms with E-state index in [4.69, 9.17) is 0 Å². The van der Waals surface area contributed by atoms with Gasteiger partial charge in [-0.15, -0.1) is 0 Å². The predicted molar refractivity (Wildman–Crippen MR) is 82.8 cm³/mol. The summed E-state index contributed by atoms with van der Waals surface area (Å²) < 4.78 is 2.17. The summed E-state index contributed by atoms with van der Waals surface area (Å²) in [6.45, 7) is 3.41. The van der Waals surface area contributed by atoms with Crippen LogP contribution in [0.5, 0.6) is 0 Å². The molecule has 0 aromatic carbocycles. The number of rotatable bonds is 3. The van der Waals surface area contributed by atoms with E-state index in [-0.39, 0.29) is 11.5 Å². The van der Waals surface area contributed by atoms with Crippen LogP contribution in [-0.4, -0.2) is 38.9 Å². The highest BCUT2D eigenvalue weighted by Gasteiger charge is 2.23. The van der Waals surface area contributed by atoms with Crippen molar-refractivity contribution in [3.63, 3.8) is 0 Å². The molecule has 0 saturated carbocycles. The van der Waals surface area contributed by atoms with E-state index in [1.54, 1.807) is 24.9 Å². The molecule has 0 spiro atoms. The summed E-state index contributed by atoms with van der Waals surface area (Å²) in [5.41, 5.74) is 0.904. The summed E-state index contributed by atoms with van der Waals surface area (Å²) in [5.74, 6) is 1.39. The molecule has 1 amide bonds. The lowest BCUT2D eigenvalue weighted by molar-refractivity contribution is 0.0763. The van der Waals surface area contributed by atoms with E-state index in [1.807, 2.05) is 12.4 Å². The van der Waals surface area contributed by atoms with Gasteiger partial charge in [-0.25, -0.2) is 4.98 Å². The minimum atomic E-state index is -0.239. The molecule has 0 radical (unpaired) electrons. The maximum Gasteiger partial charge on any atom is 0.253 e. The fraction of sp³-hybridized carbons (Fsp3) is 0.438. The summed E-state index contributed by atoms with van der Waals surface area (Å²) in [4.78, 5) is 32.7. The zero-order valence-electron chi connectivity index (χ0n) is 12.9. The Morgan fingerprint density at radius 3 is 3.09 bits per heavy atom. The maximum absolute atomic E-state index is 12.5. The Balaban J connectivity index is 1.68. The number of carbonyl (C=O) groups is 1. The van der Waals surface area contributed by atoms with Gasteiger partial charge >= 0.3 is 0 Å². The van der Waals surface area contributed by atoms with Gasteiger partial charge in [0.15, 0.2) is 0 Å². The number of hydrogen-bond acceptors (Lipinski definition) is 3. The van der Waals surface area contributed by atoms with Crippen LogP contribution in [0.25, 0.3) is 0 Å². The maximum atomic E-state index is 12.5. The first-order valence-electron chi connectivity index (χ1n) is 7.49. The van der Waals surface area contributed by atoms with Gasteiger partial charge in [0, 0.05) is 56.3 Å². The van der Waals surface area contributed by atoms with E-state index in [1.165, 1.54) is 6.07 Å². The number of pyridine rings is 1. The zero-order valence-corrected chi connectivity index (χ0v) is 12.9. The van der Waals surface area contributed by atoms with Gasteiger partial charge in [-0.1, -0.05) is 0 Å². The third-order valence-corrected chi connectivity index (χ3v) is 4.16. The van der Waals surface area contributed by atoms with Crippen LogP contribution in [0.1, 0.15) is 28.3 Å². The van der Waals surface area contributed by atoms with Crippen LogP contribution in [0.15, 0.2) is 29.3 Å². The van der Waals surface area contributed by atoms with Gasteiger partial charge < -0.3 is 14.5 Å². The van der Waals surface area contributed by atoms with Gasteiger partial charge in [-0.2, -0.15) is 0 Å². The molecular weight excluding hydrogens is 280 g/mol. The number of H-pyrrole nitrogens is 1. The Morgan fingerprint density at radius 1 is 1.50 bits per heavy atom. The fourth-order valence-electron chi connectivity index (χ4n) is 3.07. The summed E-state index contributed by atoms with van der Waals surface area (Å²) in [6.07, 6.45) is 5.75. The summed E-state index contributed by atoms with van der Waals surface area (Å²) in [5, 5.41) is 0. The Labute approximate surface area is 128 Å². The molecule has 1 N–H and O–H groups in total. The van der Waals surface area contributed by atoms with E-state index in [9.17, 15) is 9.59 Å². The first-order valence-corrected chi connectivity index (χ1v) is 7.49. The molecule has 0 unspecified atom stereocenters. The summed E-state index contributed by atoms with van der Waals surface area (Å²) in [7, 11) is 1.79. The third-order valence-electron chi connectivity index (χ3n) is 4.16. The van der Waals surface area contributed by atoms with Crippen molar-refractivity contribution < 1.29 is 4.79 Å². The van der Waals surface area contributed by atoms with E-state index in [2.05, 4.69) is 14.5 Å². The average Bonchev–Trinajstić information content (AvgIpc) is 2.93. The largest absolute Gasteiger partial charge is 0.341 e. The monoisotopic (exact) mass is 300 g/mol. The Morgan fingerprint density at radius 2 is 2.32 bits per heavy atom. The summed E-state index contributed by atoms with van der Waals surface area (Å²) >= 11 is 0. The molecular formula is C16H20N4O2. The van der Waals surface area contributed by atoms with Crippen molar-refractivity contribution in [2.24, 2.45) is 5.92 Å². The highest BCUT2D eigenvalue weighted by atomic mass is 16.2. The Bertz CT molecular complexity index is 747. The molecule has 0 saturated heterocycles. The number of hydrogen-bond donors (Lipinski definition) is 1. The van der Waals surface area contributed by atoms with Crippen LogP contribution in [0.3, 0.4) is 0 Å². The second kappa shape index (κ2) is 5.79. The van der Waals surface area contributed by atoms with Crippen LogP contribution in [0.2, 0.25) is 0 Å². The normalized spacial score (nSPS) is 17.1. The van der Waals surface area contributed by atoms with Gasteiger partial charge in [0.2, 0.25) is 5.56 Å². The number of amides is 1. The number of nitrogens with one attached hydrogen (secondary N) is 1. The first-order chi connectivity index (χ1) is 10.5. The molecule has 1 aliphatic heterocycles. The molecule has 0 bridgehead atoms. The Kier molecular flexibility index (Phi) is 3.83. The number of aromatic amines is 1. The number of carbonyl (C=O) groups excluding carboxylic acids is 1. The smallest absolute Gasteiger partial charge is 0.253 e. The van der Waals surface area contributed by atoms with Crippen molar-refractivity contribution in [1.82, 2.24) is 19.4 Å².